The number of rotatable bonds is 2. The Bertz CT molecular complexity index is 1060. The van der Waals surface area contributed by atoms with Crippen LogP contribution in [-0.2, 0) is 12.8 Å². The number of carbonyl (C=O) groups is 1. The Morgan fingerprint density at radius 3 is 2.86 bits per heavy atom. The lowest BCUT2D eigenvalue weighted by Crippen LogP contribution is -2.46. The summed E-state index contributed by atoms with van der Waals surface area (Å²) in [4.78, 5) is 24.0. The summed E-state index contributed by atoms with van der Waals surface area (Å²) < 4.78 is 0. The fourth-order valence-electron chi connectivity index (χ4n) is 4.47. The largest absolute Gasteiger partial charge is 0.336 e. The maximum Gasteiger partial charge on any atom is 0.254 e. The first kappa shape index (κ1) is 18.5. The summed E-state index contributed by atoms with van der Waals surface area (Å²) in [7, 11) is 0. The van der Waals surface area contributed by atoms with Gasteiger partial charge in [-0.3, -0.25) is 14.8 Å². The highest BCUT2D eigenvalue weighted by Gasteiger charge is 2.25. The summed E-state index contributed by atoms with van der Waals surface area (Å²) in [6.45, 7) is 3.16. The number of pyridine rings is 2. The van der Waals surface area contributed by atoms with Crippen LogP contribution in [0.25, 0.3) is 10.9 Å². The zero-order valence-corrected chi connectivity index (χ0v) is 17.0. The molecule has 1 saturated heterocycles. The third kappa shape index (κ3) is 3.49. The molecule has 3 aromatic rings. The van der Waals surface area contributed by atoms with Gasteiger partial charge in [0, 0.05) is 55.2 Å². The molecule has 1 amide bonds. The van der Waals surface area contributed by atoms with Gasteiger partial charge in [0.1, 0.15) is 0 Å². The smallest absolute Gasteiger partial charge is 0.254 e. The molecule has 2 aromatic heterocycles. The monoisotopic (exact) mass is 406 g/mol. The lowest BCUT2D eigenvalue weighted by molar-refractivity contribution is 0.0736. The van der Waals surface area contributed by atoms with Gasteiger partial charge in [-0.15, -0.1) is 0 Å². The second kappa shape index (κ2) is 7.73. The third-order valence-corrected chi connectivity index (χ3v) is 6.52. The van der Waals surface area contributed by atoms with Crippen LogP contribution in [0.1, 0.15) is 39.5 Å². The number of aromatic nitrogens is 2. The van der Waals surface area contributed by atoms with Gasteiger partial charge >= 0.3 is 0 Å². The van der Waals surface area contributed by atoms with Gasteiger partial charge < -0.3 is 10.2 Å². The number of benzene rings is 1. The summed E-state index contributed by atoms with van der Waals surface area (Å²) in [5.74, 6) is 0.472. The molecule has 1 unspecified atom stereocenters. The Kier molecular flexibility index (Phi) is 4.94. The molecule has 1 N–H and O–H groups in total. The maximum absolute atomic E-state index is 12.9. The van der Waals surface area contributed by atoms with Gasteiger partial charge in [-0.05, 0) is 54.5 Å². The molecule has 148 valence electrons. The van der Waals surface area contributed by atoms with Gasteiger partial charge in [0.2, 0.25) is 0 Å². The Morgan fingerprint density at radius 2 is 2.07 bits per heavy atom. The van der Waals surface area contributed by atoms with E-state index in [1.165, 1.54) is 5.56 Å². The fourth-order valence-corrected chi connectivity index (χ4v) is 4.84. The first-order chi connectivity index (χ1) is 14.2. The normalized spacial score (nSPS) is 19.2. The minimum Gasteiger partial charge on any atom is -0.336 e. The van der Waals surface area contributed by atoms with Crippen molar-refractivity contribution in [2.75, 3.05) is 26.2 Å². The Balaban J connectivity index is 1.49. The number of nitrogens with one attached hydrogen (secondary N) is 1. The standard InChI is InChI=1S/C23H23ClN4O/c24-22-18-5-3-15(17-2-1-7-26-14-17)12-20(18)27-21-13-16(4-6-19(21)22)23(29)28-10-8-25-9-11-28/h1-2,4,6-7,13-15,25H,3,5,8-12H2. The summed E-state index contributed by atoms with van der Waals surface area (Å²) in [5, 5.41) is 5.00. The molecular formula is C23H23ClN4O. The van der Waals surface area contributed by atoms with Crippen molar-refractivity contribution in [1.29, 1.82) is 0 Å². The summed E-state index contributed by atoms with van der Waals surface area (Å²) >= 11 is 6.78. The molecule has 1 aliphatic heterocycles. The zero-order chi connectivity index (χ0) is 19.8. The van der Waals surface area contributed by atoms with Crippen molar-refractivity contribution >= 4 is 28.4 Å². The molecule has 0 bridgehead atoms. The van der Waals surface area contributed by atoms with Crippen molar-refractivity contribution in [3.63, 3.8) is 0 Å². The molecule has 1 aromatic carbocycles. The van der Waals surface area contributed by atoms with Crippen molar-refractivity contribution in [3.05, 3.63) is 70.1 Å². The number of halogens is 1. The number of fused-ring (bicyclic) bond motifs is 2. The van der Waals surface area contributed by atoms with E-state index in [1.54, 1.807) is 6.20 Å². The average Bonchev–Trinajstić information content (AvgIpc) is 2.79. The van der Waals surface area contributed by atoms with Crippen LogP contribution >= 0.6 is 11.6 Å². The highest BCUT2D eigenvalue weighted by molar-refractivity contribution is 6.36. The number of hydrogen-bond donors (Lipinski definition) is 1. The van der Waals surface area contributed by atoms with Gasteiger partial charge in [0.15, 0.2) is 0 Å². The van der Waals surface area contributed by atoms with Gasteiger partial charge in [0.05, 0.1) is 10.5 Å². The van der Waals surface area contributed by atoms with Crippen LogP contribution in [0.2, 0.25) is 5.02 Å². The lowest BCUT2D eigenvalue weighted by atomic mass is 9.82. The summed E-state index contributed by atoms with van der Waals surface area (Å²) in [6, 6.07) is 9.86. The highest BCUT2D eigenvalue weighted by atomic mass is 35.5. The Labute approximate surface area is 175 Å². The van der Waals surface area contributed by atoms with Crippen LogP contribution < -0.4 is 5.32 Å². The lowest BCUT2D eigenvalue weighted by Gasteiger charge is -2.28. The SMILES string of the molecule is O=C(c1ccc2c(Cl)c3c(nc2c1)CC(c1cccnc1)CC3)N1CCNCC1. The zero-order valence-electron chi connectivity index (χ0n) is 16.2. The molecule has 5 rings (SSSR count). The fraction of sp³-hybridized carbons (Fsp3) is 0.348. The van der Waals surface area contributed by atoms with E-state index < -0.39 is 0 Å². The molecule has 6 heteroatoms. The van der Waals surface area contributed by atoms with E-state index in [2.05, 4.69) is 16.4 Å². The maximum atomic E-state index is 12.9. The molecule has 1 atom stereocenters. The highest BCUT2D eigenvalue weighted by Crippen LogP contribution is 2.38. The topological polar surface area (TPSA) is 58.1 Å². The molecule has 5 nitrogen and oxygen atoms in total. The van der Waals surface area contributed by atoms with Gasteiger partial charge in [-0.1, -0.05) is 23.7 Å². The van der Waals surface area contributed by atoms with Crippen LogP contribution in [-0.4, -0.2) is 47.0 Å². The second-order valence-corrected chi connectivity index (χ2v) is 8.23. The van der Waals surface area contributed by atoms with E-state index in [4.69, 9.17) is 16.6 Å². The Morgan fingerprint density at radius 1 is 1.21 bits per heavy atom. The first-order valence-corrected chi connectivity index (χ1v) is 10.6. The van der Waals surface area contributed by atoms with Crippen molar-refractivity contribution < 1.29 is 4.79 Å². The van der Waals surface area contributed by atoms with E-state index in [0.717, 1.165) is 72.6 Å². The van der Waals surface area contributed by atoms with Crippen LogP contribution in [0.15, 0.2) is 42.7 Å². The van der Waals surface area contributed by atoms with E-state index in [-0.39, 0.29) is 5.91 Å². The minimum atomic E-state index is 0.0669. The van der Waals surface area contributed by atoms with Gasteiger partial charge in [-0.25, -0.2) is 0 Å². The van der Waals surface area contributed by atoms with Crippen molar-refractivity contribution in [2.24, 2.45) is 0 Å². The molecule has 2 aliphatic rings. The number of carbonyl (C=O) groups excluding carboxylic acids is 1. The molecule has 1 aliphatic carbocycles. The van der Waals surface area contributed by atoms with Crippen molar-refractivity contribution in [2.45, 2.75) is 25.2 Å². The van der Waals surface area contributed by atoms with Crippen LogP contribution in [0, 0.1) is 0 Å². The van der Waals surface area contributed by atoms with Gasteiger partial charge in [0.25, 0.3) is 5.91 Å². The molecule has 0 spiro atoms. The molecule has 0 saturated carbocycles. The van der Waals surface area contributed by atoms with Gasteiger partial charge in [-0.2, -0.15) is 0 Å². The van der Waals surface area contributed by atoms with E-state index in [0.29, 0.717) is 11.5 Å². The first-order valence-electron chi connectivity index (χ1n) is 10.2. The number of nitrogens with zero attached hydrogens (tertiary/aromatic N) is 3. The molecular weight excluding hydrogens is 384 g/mol. The molecule has 0 radical (unpaired) electrons. The number of amides is 1. The number of piperazine rings is 1. The van der Waals surface area contributed by atoms with E-state index >= 15 is 0 Å². The predicted octanol–water partition coefficient (Wildman–Crippen LogP) is 3.60. The van der Waals surface area contributed by atoms with Crippen molar-refractivity contribution in [1.82, 2.24) is 20.2 Å². The van der Waals surface area contributed by atoms with Crippen LogP contribution in [0.3, 0.4) is 0 Å². The molecule has 29 heavy (non-hydrogen) atoms. The summed E-state index contributed by atoms with van der Waals surface area (Å²) in [5.41, 5.74) is 4.94. The van der Waals surface area contributed by atoms with Crippen molar-refractivity contribution in [3.8, 4) is 0 Å². The third-order valence-electron chi connectivity index (χ3n) is 6.09. The number of hydrogen-bond acceptors (Lipinski definition) is 4. The second-order valence-electron chi connectivity index (χ2n) is 7.85. The molecule has 3 heterocycles. The summed E-state index contributed by atoms with van der Waals surface area (Å²) in [6.07, 6.45) is 6.57. The predicted molar refractivity (Wildman–Crippen MR) is 115 cm³/mol. The van der Waals surface area contributed by atoms with E-state index in [1.807, 2.05) is 35.4 Å². The quantitative estimate of drug-likeness (QED) is 0.706. The average molecular weight is 407 g/mol. The minimum absolute atomic E-state index is 0.0669. The van der Waals surface area contributed by atoms with Crippen LogP contribution in [0.5, 0.6) is 0 Å². The van der Waals surface area contributed by atoms with Crippen LogP contribution in [0.4, 0.5) is 0 Å². The van der Waals surface area contributed by atoms with E-state index in [9.17, 15) is 4.79 Å². The Hall–Kier alpha value is -2.50. The molecule has 1 fully saturated rings.